The van der Waals surface area contributed by atoms with Crippen molar-refractivity contribution in [3.63, 3.8) is 0 Å². The lowest BCUT2D eigenvalue weighted by atomic mass is 10.2. The van der Waals surface area contributed by atoms with Crippen molar-refractivity contribution in [1.29, 1.82) is 0 Å². The smallest absolute Gasteiger partial charge is 0.410 e. The highest BCUT2D eigenvalue weighted by Crippen LogP contribution is 2.15. The van der Waals surface area contributed by atoms with Gasteiger partial charge in [-0.05, 0) is 20.8 Å². The van der Waals surface area contributed by atoms with E-state index in [1.807, 2.05) is 0 Å². The van der Waals surface area contributed by atoms with Gasteiger partial charge in [0, 0.05) is 0 Å². The second kappa shape index (κ2) is 5.66. The summed E-state index contributed by atoms with van der Waals surface area (Å²) >= 11 is 0. The van der Waals surface area contributed by atoms with E-state index >= 15 is 0 Å². The number of hydrogen-bond acceptors (Lipinski definition) is 5. The second-order valence-corrected chi connectivity index (χ2v) is 5.13. The Morgan fingerprint density at radius 2 is 1.76 bits per heavy atom. The molecular formula is C11H21NO5. The lowest BCUT2D eigenvalue weighted by molar-refractivity contribution is -0.116. The summed E-state index contributed by atoms with van der Waals surface area (Å²) in [4.78, 5) is 13.3. The van der Waals surface area contributed by atoms with Crippen LogP contribution >= 0.6 is 0 Å². The first kappa shape index (κ1) is 14.2. The summed E-state index contributed by atoms with van der Waals surface area (Å²) in [5.41, 5.74) is -0.557. The standard InChI is InChI=1S/C11H21NO5/c1-11(2,3)17-10(15)12-4-8(6-13)16-9(5-12)7-14/h8-9,13-14H,4-7H2,1-3H3/t8-,9-/m0/s1. The van der Waals surface area contributed by atoms with Crippen LogP contribution in [0.5, 0.6) is 0 Å². The van der Waals surface area contributed by atoms with E-state index < -0.39 is 23.9 Å². The molecule has 0 aromatic carbocycles. The molecule has 100 valence electrons. The van der Waals surface area contributed by atoms with Crippen LogP contribution in [0.25, 0.3) is 0 Å². The summed E-state index contributed by atoms with van der Waals surface area (Å²) in [5, 5.41) is 18.1. The van der Waals surface area contributed by atoms with Crippen LogP contribution in [0.1, 0.15) is 20.8 Å². The van der Waals surface area contributed by atoms with Gasteiger partial charge in [0.05, 0.1) is 38.5 Å². The average molecular weight is 247 g/mol. The number of amides is 1. The van der Waals surface area contributed by atoms with Crippen LogP contribution in [0, 0.1) is 0 Å². The van der Waals surface area contributed by atoms with Crippen LogP contribution in [-0.4, -0.2) is 65.3 Å². The van der Waals surface area contributed by atoms with Gasteiger partial charge in [0.2, 0.25) is 0 Å². The quantitative estimate of drug-likeness (QED) is 0.716. The third kappa shape index (κ3) is 4.49. The van der Waals surface area contributed by atoms with E-state index in [1.165, 1.54) is 4.90 Å². The van der Waals surface area contributed by atoms with Crippen molar-refractivity contribution in [1.82, 2.24) is 4.90 Å². The summed E-state index contributed by atoms with van der Waals surface area (Å²) in [6.07, 6.45) is -1.38. The molecule has 0 spiro atoms. The molecule has 0 aliphatic carbocycles. The summed E-state index contributed by atoms with van der Waals surface area (Å²) in [6.45, 7) is 5.56. The van der Waals surface area contributed by atoms with Crippen molar-refractivity contribution in [3.8, 4) is 0 Å². The normalized spacial score (nSPS) is 25.8. The van der Waals surface area contributed by atoms with Crippen molar-refractivity contribution < 1.29 is 24.5 Å². The monoisotopic (exact) mass is 247 g/mol. The van der Waals surface area contributed by atoms with Gasteiger partial charge in [-0.1, -0.05) is 0 Å². The van der Waals surface area contributed by atoms with Crippen LogP contribution in [0.15, 0.2) is 0 Å². The predicted molar refractivity (Wildman–Crippen MR) is 60.6 cm³/mol. The maximum Gasteiger partial charge on any atom is 0.410 e. The van der Waals surface area contributed by atoms with E-state index in [0.717, 1.165) is 0 Å². The minimum atomic E-state index is -0.557. The van der Waals surface area contributed by atoms with Gasteiger partial charge in [0.15, 0.2) is 0 Å². The highest BCUT2D eigenvalue weighted by atomic mass is 16.6. The van der Waals surface area contributed by atoms with Gasteiger partial charge in [0.25, 0.3) is 0 Å². The van der Waals surface area contributed by atoms with Gasteiger partial charge in [-0.2, -0.15) is 0 Å². The largest absolute Gasteiger partial charge is 0.444 e. The van der Waals surface area contributed by atoms with Crippen molar-refractivity contribution in [3.05, 3.63) is 0 Å². The summed E-state index contributed by atoms with van der Waals surface area (Å²) in [6, 6.07) is 0. The molecule has 0 saturated carbocycles. The SMILES string of the molecule is CC(C)(C)OC(=O)N1C[C@@H](CO)O[C@H](CO)C1. The molecular weight excluding hydrogens is 226 g/mol. The predicted octanol–water partition coefficient (Wildman–Crippen LogP) is -0.0245. The van der Waals surface area contributed by atoms with Crippen molar-refractivity contribution in [2.75, 3.05) is 26.3 Å². The number of morpholine rings is 1. The molecule has 6 heteroatoms. The highest BCUT2D eigenvalue weighted by molar-refractivity contribution is 5.68. The first-order valence-corrected chi connectivity index (χ1v) is 5.71. The Bertz CT molecular complexity index is 251. The third-order valence-corrected chi connectivity index (χ3v) is 2.29. The number of hydrogen-bond donors (Lipinski definition) is 2. The van der Waals surface area contributed by atoms with Crippen molar-refractivity contribution >= 4 is 6.09 Å². The lowest BCUT2D eigenvalue weighted by Gasteiger charge is -2.37. The number of carbonyl (C=O) groups is 1. The van der Waals surface area contributed by atoms with Gasteiger partial charge in [-0.15, -0.1) is 0 Å². The van der Waals surface area contributed by atoms with Gasteiger partial charge < -0.3 is 24.6 Å². The molecule has 0 aromatic rings. The number of ether oxygens (including phenoxy) is 2. The Morgan fingerprint density at radius 1 is 1.29 bits per heavy atom. The zero-order valence-corrected chi connectivity index (χ0v) is 10.5. The van der Waals surface area contributed by atoms with E-state index in [9.17, 15) is 4.79 Å². The van der Waals surface area contributed by atoms with E-state index in [4.69, 9.17) is 19.7 Å². The number of aliphatic hydroxyl groups excluding tert-OH is 2. The molecule has 1 aliphatic rings. The fourth-order valence-electron chi connectivity index (χ4n) is 1.60. The first-order valence-electron chi connectivity index (χ1n) is 5.71. The summed E-state index contributed by atoms with van der Waals surface area (Å²) < 4.78 is 10.6. The lowest BCUT2D eigenvalue weighted by Crippen LogP contribution is -2.53. The van der Waals surface area contributed by atoms with Gasteiger partial charge in [-0.3, -0.25) is 0 Å². The number of carbonyl (C=O) groups excluding carboxylic acids is 1. The molecule has 1 fully saturated rings. The van der Waals surface area contributed by atoms with Crippen LogP contribution < -0.4 is 0 Å². The van der Waals surface area contributed by atoms with Gasteiger partial charge in [0.1, 0.15) is 5.60 Å². The zero-order valence-electron chi connectivity index (χ0n) is 10.5. The number of aliphatic hydroxyl groups is 2. The summed E-state index contributed by atoms with van der Waals surface area (Å²) in [7, 11) is 0. The van der Waals surface area contributed by atoms with E-state index in [-0.39, 0.29) is 26.3 Å². The van der Waals surface area contributed by atoms with Crippen LogP contribution in [0.3, 0.4) is 0 Å². The molecule has 1 aliphatic heterocycles. The molecule has 1 rings (SSSR count). The van der Waals surface area contributed by atoms with Crippen LogP contribution in [-0.2, 0) is 9.47 Å². The van der Waals surface area contributed by atoms with Crippen LogP contribution in [0.2, 0.25) is 0 Å². The maximum atomic E-state index is 11.8. The van der Waals surface area contributed by atoms with Crippen molar-refractivity contribution in [2.45, 2.75) is 38.6 Å². The number of rotatable bonds is 2. The number of nitrogens with zero attached hydrogens (tertiary/aromatic N) is 1. The van der Waals surface area contributed by atoms with Gasteiger partial charge in [-0.25, -0.2) is 4.79 Å². The molecule has 2 N–H and O–H groups in total. The van der Waals surface area contributed by atoms with E-state index in [0.29, 0.717) is 0 Å². The Hall–Kier alpha value is -0.850. The maximum absolute atomic E-state index is 11.8. The van der Waals surface area contributed by atoms with Crippen LogP contribution in [0.4, 0.5) is 4.79 Å². The molecule has 17 heavy (non-hydrogen) atoms. The fraction of sp³-hybridized carbons (Fsp3) is 0.909. The van der Waals surface area contributed by atoms with E-state index in [1.54, 1.807) is 20.8 Å². The second-order valence-electron chi connectivity index (χ2n) is 5.13. The molecule has 0 bridgehead atoms. The molecule has 1 saturated heterocycles. The Kier molecular flexibility index (Phi) is 4.73. The molecule has 6 nitrogen and oxygen atoms in total. The summed E-state index contributed by atoms with van der Waals surface area (Å²) in [5.74, 6) is 0. The third-order valence-electron chi connectivity index (χ3n) is 2.29. The molecule has 1 heterocycles. The van der Waals surface area contributed by atoms with Gasteiger partial charge >= 0.3 is 6.09 Å². The molecule has 0 unspecified atom stereocenters. The zero-order chi connectivity index (χ0) is 13.1. The molecule has 1 amide bonds. The Balaban J connectivity index is 2.59. The molecule has 2 atom stereocenters. The minimum Gasteiger partial charge on any atom is -0.444 e. The Morgan fingerprint density at radius 3 is 2.12 bits per heavy atom. The minimum absolute atomic E-state index is 0.185. The molecule has 0 aromatic heterocycles. The fourth-order valence-corrected chi connectivity index (χ4v) is 1.60. The molecule has 0 radical (unpaired) electrons. The highest BCUT2D eigenvalue weighted by Gasteiger charge is 2.32. The Labute approximate surface area is 101 Å². The van der Waals surface area contributed by atoms with E-state index in [2.05, 4.69) is 0 Å². The first-order chi connectivity index (χ1) is 7.85. The van der Waals surface area contributed by atoms with Crippen molar-refractivity contribution in [2.24, 2.45) is 0 Å². The topological polar surface area (TPSA) is 79.2 Å². The average Bonchev–Trinajstić information content (AvgIpc) is 2.26.